The Morgan fingerprint density at radius 2 is 1.70 bits per heavy atom. The van der Waals surface area contributed by atoms with Crippen molar-refractivity contribution in [3.8, 4) is 11.1 Å². The van der Waals surface area contributed by atoms with Crippen molar-refractivity contribution >= 4 is 17.6 Å². The number of carbonyl (C=O) groups is 2. The number of anilines is 1. The standard InChI is InChI=1S/C21H25N3O3/c1-24(2)19-9-5-14(6-10-19)16-11-17(13-22-12-16)20(25)23-18-7-3-15(4-8-18)21(26)27/h5-6,9-13,15,18H,3-4,7-8H2,1-2H3,(H,23,25)(H,26,27). The van der Waals surface area contributed by atoms with Gasteiger partial charge in [-0.15, -0.1) is 0 Å². The number of carboxylic acids is 1. The molecule has 1 fully saturated rings. The molecule has 2 aromatic rings. The van der Waals surface area contributed by atoms with Crippen molar-refractivity contribution in [2.24, 2.45) is 5.92 Å². The lowest BCUT2D eigenvalue weighted by atomic mass is 9.86. The molecule has 0 unspecified atom stereocenters. The zero-order chi connectivity index (χ0) is 19.4. The number of nitrogens with zero attached hydrogens (tertiary/aromatic N) is 2. The number of hydrogen-bond acceptors (Lipinski definition) is 4. The van der Waals surface area contributed by atoms with Crippen molar-refractivity contribution in [2.45, 2.75) is 31.7 Å². The van der Waals surface area contributed by atoms with Gasteiger partial charge in [0.2, 0.25) is 0 Å². The summed E-state index contributed by atoms with van der Waals surface area (Å²) in [6, 6.07) is 9.96. The number of aromatic nitrogens is 1. The molecule has 0 radical (unpaired) electrons. The number of pyridine rings is 1. The van der Waals surface area contributed by atoms with Gasteiger partial charge in [0.15, 0.2) is 0 Å². The number of amides is 1. The summed E-state index contributed by atoms with van der Waals surface area (Å²) in [5.41, 5.74) is 3.52. The normalized spacial score (nSPS) is 19.3. The van der Waals surface area contributed by atoms with E-state index in [0.717, 1.165) is 16.8 Å². The number of rotatable bonds is 5. The molecule has 142 valence electrons. The van der Waals surface area contributed by atoms with Crippen molar-refractivity contribution in [1.82, 2.24) is 10.3 Å². The second-order valence-electron chi connectivity index (χ2n) is 7.26. The number of carboxylic acid groups (broad SMARTS) is 1. The van der Waals surface area contributed by atoms with Crippen molar-refractivity contribution in [2.75, 3.05) is 19.0 Å². The van der Waals surface area contributed by atoms with E-state index in [4.69, 9.17) is 5.11 Å². The van der Waals surface area contributed by atoms with Crippen LogP contribution in [0.4, 0.5) is 5.69 Å². The first-order valence-corrected chi connectivity index (χ1v) is 9.20. The van der Waals surface area contributed by atoms with E-state index in [-0.39, 0.29) is 17.9 Å². The van der Waals surface area contributed by atoms with E-state index in [2.05, 4.69) is 10.3 Å². The Labute approximate surface area is 159 Å². The third-order valence-corrected chi connectivity index (χ3v) is 5.13. The third-order valence-electron chi connectivity index (χ3n) is 5.13. The van der Waals surface area contributed by atoms with Gasteiger partial charge in [-0.2, -0.15) is 0 Å². The predicted octanol–water partition coefficient (Wildman–Crippen LogP) is 3.19. The van der Waals surface area contributed by atoms with Crippen LogP contribution in [0, 0.1) is 5.92 Å². The first-order chi connectivity index (χ1) is 12.9. The molecule has 6 nitrogen and oxygen atoms in total. The van der Waals surface area contributed by atoms with Gasteiger partial charge in [0.05, 0.1) is 11.5 Å². The molecular formula is C21H25N3O3. The maximum absolute atomic E-state index is 12.6. The summed E-state index contributed by atoms with van der Waals surface area (Å²) < 4.78 is 0. The van der Waals surface area contributed by atoms with Gasteiger partial charge in [0.25, 0.3) is 5.91 Å². The maximum atomic E-state index is 12.6. The molecule has 2 N–H and O–H groups in total. The first-order valence-electron chi connectivity index (χ1n) is 9.20. The fourth-order valence-electron chi connectivity index (χ4n) is 3.43. The zero-order valence-electron chi connectivity index (χ0n) is 15.7. The second-order valence-corrected chi connectivity index (χ2v) is 7.26. The average molecular weight is 367 g/mol. The molecule has 0 aliphatic heterocycles. The smallest absolute Gasteiger partial charge is 0.306 e. The minimum absolute atomic E-state index is 0.0242. The minimum atomic E-state index is -0.739. The molecule has 1 saturated carbocycles. The first kappa shape index (κ1) is 18.9. The molecule has 0 atom stereocenters. The lowest BCUT2D eigenvalue weighted by Crippen LogP contribution is -2.38. The largest absolute Gasteiger partial charge is 0.481 e. The van der Waals surface area contributed by atoms with Gasteiger partial charge in [0, 0.05) is 43.8 Å². The van der Waals surface area contributed by atoms with Crippen LogP contribution in [0.1, 0.15) is 36.0 Å². The summed E-state index contributed by atoms with van der Waals surface area (Å²) in [7, 11) is 3.98. The highest BCUT2D eigenvalue weighted by Crippen LogP contribution is 2.25. The van der Waals surface area contributed by atoms with Gasteiger partial charge in [0.1, 0.15) is 0 Å². The monoisotopic (exact) mass is 367 g/mol. The van der Waals surface area contributed by atoms with Gasteiger partial charge in [-0.1, -0.05) is 12.1 Å². The topological polar surface area (TPSA) is 82.5 Å². The minimum Gasteiger partial charge on any atom is -0.481 e. The van der Waals surface area contributed by atoms with Gasteiger partial charge < -0.3 is 15.3 Å². The Bertz CT molecular complexity index is 810. The molecule has 1 aromatic carbocycles. The number of benzene rings is 1. The van der Waals surface area contributed by atoms with E-state index in [0.29, 0.717) is 31.2 Å². The van der Waals surface area contributed by atoms with E-state index in [9.17, 15) is 9.59 Å². The number of carbonyl (C=O) groups excluding carboxylic acids is 1. The summed E-state index contributed by atoms with van der Waals surface area (Å²) in [6.45, 7) is 0. The molecule has 0 saturated heterocycles. The third kappa shape index (κ3) is 4.64. The molecule has 0 bridgehead atoms. The van der Waals surface area contributed by atoms with Crippen LogP contribution < -0.4 is 10.2 Å². The molecule has 1 aliphatic carbocycles. The lowest BCUT2D eigenvalue weighted by Gasteiger charge is -2.26. The summed E-state index contributed by atoms with van der Waals surface area (Å²) in [5.74, 6) is -1.18. The van der Waals surface area contributed by atoms with Gasteiger partial charge in [-0.3, -0.25) is 14.6 Å². The van der Waals surface area contributed by atoms with E-state index in [1.165, 1.54) is 0 Å². The van der Waals surface area contributed by atoms with E-state index < -0.39 is 5.97 Å². The Balaban J connectivity index is 1.66. The van der Waals surface area contributed by atoms with E-state index >= 15 is 0 Å². The van der Waals surface area contributed by atoms with E-state index in [1.54, 1.807) is 12.4 Å². The van der Waals surface area contributed by atoms with Gasteiger partial charge in [-0.05, 0) is 49.4 Å². The van der Waals surface area contributed by atoms with Crippen LogP contribution >= 0.6 is 0 Å². The van der Waals surface area contributed by atoms with Crippen LogP contribution in [0.2, 0.25) is 0 Å². The molecule has 6 heteroatoms. The lowest BCUT2D eigenvalue weighted by molar-refractivity contribution is -0.142. The molecule has 1 aliphatic rings. The fraction of sp³-hybridized carbons (Fsp3) is 0.381. The van der Waals surface area contributed by atoms with Crippen molar-refractivity contribution in [3.05, 3.63) is 48.3 Å². The van der Waals surface area contributed by atoms with Crippen LogP contribution in [-0.2, 0) is 4.79 Å². The number of nitrogens with one attached hydrogen (secondary N) is 1. The van der Waals surface area contributed by atoms with Crippen LogP contribution in [0.5, 0.6) is 0 Å². The Morgan fingerprint density at radius 3 is 2.30 bits per heavy atom. The van der Waals surface area contributed by atoms with Crippen LogP contribution in [0.25, 0.3) is 11.1 Å². The maximum Gasteiger partial charge on any atom is 0.306 e. The highest BCUT2D eigenvalue weighted by atomic mass is 16.4. The predicted molar refractivity (Wildman–Crippen MR) is 105 cm³/mol. The average Bonchev–Trinajstić information content (AvgIpc) is 2.68. The van der Waals surface area contributed by atoms with Gasteiger partial charge >= 0.3 is 5.97 Å². The van der Waals surface area contributed by atoms with Crippen molar-refractivity contribution < 1.29 is 14.7 Å². The van der Waals surface area contributed by atoms with E-state index in [1.807, 2.05) is 49.3 Å². The number of hydrogen-bond donors (Lipinski definition) is 2. The summed E-state index contributed by atoms with van der Waals surface area (Å²) in [4.78, 5) is 29.9. The van der Waals surface area contributed by atoms with Crippen LogP contribution in [0.15, 0.2) is 42.7 Å². The Kier molecular flexibility index (Phi) is 5.74. The Hall–Kier alpha value is -2.89. The zero-order valence-corrected chi connectivity index (χ0v) is 15.7. The van der Waals surface area contributed by atoms with Gasteiger partial charge in [-0.25, -0.2) is 0 Å². The summed E-state index contributed by atoms with van der Waals surface area (Å²) in [5, 5.41) is 12.1. The molecule has 3 rings (SSSR count). The molecule has 1 aromatic heterocycles. The molecule has 1 amide bonds. The van der Waals surface area contributed by atoms with Crippen LogP contribution in [-0.4, -0.2) is 42.1 Å². The number of aliphatic carboxylic acids is 1. The molecule has 27 heavy (non-hydrogen) atoms. The Morgan fingerprint density at radius 1 is 1.04 bits per heavy atom. The second kappa shape index (κ2) is 8.20. The van der Waals surface area contributed by atoms with Crippen molar-refractivity contribution in [3.63, 3.8) is 0 Å². The van der Waals surface area contributed by atoms with Crippen LogP contribution in [0.3, 0.4) is 0 Å². The fourth-order valence-corrected chi connectivity index (χ4v) is 3.43. The highest BCUT2D eigenvalue weighted by Gasteiger charge is 2.27. The molecule has 1 heterocycles. The molecular weight excluding hydrogens is 342 g/mol. The van der Waals surface area contributed by atoms with Crippen molar-refractivity contribution in [1.29, 1.82) is 0 Å². The SMILES string of the molecule is CN(C)c1ccc(-c2cncc(C(=O)NC3CCC(C(=O)O)CC3)c2)cc1. The summed E-state index contributed by atoms with van der Waals surface area (Å²) in [6.07, 6.45) is 5.92. The quantitative estimate of drug-likeness (QED) is 0.848. The molecule has 0 spiro atoms. The highest BCUT2D eigenvalue weighted by molar-refractivity contribution is 5.95. The summed E-state index contributed by atoms with van der Waals surface area (Å²) >= 11 is 0.